The first-order valence-corrected chi connectivity index (χ1v) is 8.91. The molecule has 0 bridgehead atoms. The van der Waals surface area contributed by atoms with Crippen LogP contribution in [0.2, 0.25) is 0 Å². The second-order valence-electron chi connectivity index (χ2n) is 7.15. The van der Waals surface area contributed by atoms with Crippen LogP contribution in [0.5, 0.6) is 0 Å². The van der Waals surface area contributed by atoms with E-state index < -0.39 is 41.9 Å². The average molecular weight is 375 g/mol. The minimum Gasteiger partial charge on any atom is -0.468 e. The Morgan fingerprint density at radius 2 is 1.89 bits per heavy atom. The molecule has 0 radical (unpaired) electrons. The first kappa shape index (κ1) is 19.3. The summed E-state index contributed by atoms with van der Waals surface area (Å²) in [6, 6.07) is 6.96. The van der Waals surface area contributed by atoms with Gasteiger partial charge in [0.05, 0.1) is 25.6 Å². The van der Waals surface area contributed by atoms with E-state index in [-0.39, 0.29) is 12.5 Å². The van der Waals surface area contributed by atoms with E-state index in [1.165, 1.54) is 7.11 Å². The maximum atomic E-state index is 12.9. The molecule has 0 saturated carbocycles. The Morgan fingerprint density at radius 3 is 2.37 bits per heavy atom. The zero-order valence-corrected chi connectivity index (χ0v) is 15.9. The van der Waals surface area contributed by atoms with Crippen molar-refractivity contribution < 1.29 is 24.2 Å². The van der Waals surface area contributed by atoms with Crippen molar-refractivity contribution in [3.05, 3.63) is 29.8 Å². The number of imide groups is 1. The molecular weight excluding hydrogens is 350 g/mol. The topological polar surface area (TPSA) is 99.2 Å². The number of nitrogens with one attached hydrogen (secondary N) is 1. The molecule has 1 aromatic rings. The molecule has 4 atom stereocenters. The monoisotopic (exact) mass is 375 g/mol. The Labute approximate surface area is 158 Å². The van der Waals surface area contributed by atoms with E-state index in [9.17, 15) is 19.5 Å². The number of aliphatic hydroxyl groups excluding tert-OH is 1. The number of hydrogen-bond acceptors (Lipinski definition) is 7. The highest BCUT2D eigenvalue weighted by Gasteiger charge is 2.68. The van der Waals surface area contributed by atoms with Gasteiger partial charge in [0, 0.05) is 32.4 Å². The van der Waals surface area contributed by atoms with Gasteiger partial charge in [0.15, 0.2) is 5.54 Å². The molecule has 8 heteroatoms. The van der Waals surface area contributed by atoms with Crippen molar-refractivity contribution >= 4 is 23.5 Å². The van der Waals surface area contributed by atoms with Crippen LogP contribution in [-0.4, -0.2) is 67.7 Å². The van der Waals surface area contributed by atoms with E-state index in [0.717, 1.165) is 16.2 Å². The minimum absolute atomic E-state index is 0.222. The summed E-state index contributed by atoms with van der Waals surface area (Å²) in [6.07, 6.45) is 0. The van der Waals surface area contributed by atoms with E-state index in [1.807, 2.05) is 43.3 Å². The van der Waals surface area contributed by atoms with Crippen LogP contribution in [0.4, 0.5) is 5.69 Å². The molecule has 2 saturated heterocycles. The summed E-state index contributed by atoms with van der Waals surface area (Å²) in [7, 11) is 5.05. The third-order valence-electron chi connectivity index (χ3n) is 5.63. The molecule has 8 nitrogen and oxygen atoms in total. The number of rotatable bonds is 5. The van der Waals surface area contributed by atoms with Crippen LogP contribution >= 0.6 is 0 Å². The molecule has 0 aromatic heterocycles. The van der Waals surface area contributed by atoms with Crippen LogP contribution in [0.15, 0.2) is 24.3 Å². The zero-order chi connectivity index (χ0) is 19.9. The molecule has 1 aromatic carbocycles. The Kier molecular flexibility index (Phi) is 4.96. The number of anilines is 1. The summed E-state index contributed by atoms with van der Waals surface area (Å²) in [5.74, 6) is -3.30. The second kappa shape index (κ2) is 6.94. The van der Waals surface area contributed by atoms with Crippen LogP contribution in [0.3, 0.4) is 0 Å². The minimum atomic E-state index is -1.64. The standard InChI is InChI=1S/C19H25N3O5/c1-5-22-16(24)13-14(17(22)25)19(10-23,18(26)27-4)20-15(13)11-6-8-12(9-7-11)21(2)3/h6-9,13-15,20,23H,5,10H2,1-4H3. The highest BCUT2D eigenvalue weighted by molar-refractivity contribution is 6.09. The van der Waals surface area contributed by atoms with Gasteiger partial charge in [-0.1, -0.05) is 12.1 Å². The lowest BCUT2D eigenvalue weighted by Gasteiger charge is -2.30. The molecule has 3 rings (SSSR count). The second-order valence-corrected chi connectivity index (χ2v) is 7.15. The smallest absolute Gasteiger partial charge is 0.329 e. The Bertz CT molecular complexity index is 763. The van der Waals surface area contributed by atoms with Crippen molar-refractivity contribution in [2.75, 3.05) is 39.3 Å². The Hall–Kier alpha value is -2.45. The third-order valence-corrected chi connectivity index (χ3v) is 5.63. The first-order valence-electron chi connectivity index (χ1n) is 8.91. The fraction of sp³-hybridized carbons (Fsp3) is 0.526. The van der Waals surface area contributed by atoms with E-state index >= 15 is 0 Å². The van der Waals surface area contributed by atoms with Gasteiger partial charge in [0.1, 0.15) is 0 Å². The first-order chi connectivity index (χ1) is 12.8. The van der Waals surface area contributed by atoms with Crippen LogP contribution in [-0.2, 0) is 19.1 Å². The van der Waals surface area contributed by atoms with Gasteiger partial charge in [0.25, 0.3) is 0 Å². The van der Waals surface area contributed by atoms with E-state index in [2.05, 4.69) is 5.32 Å². The van der Waals surface area contributed by atoms with Gasteiger partial charge in [-0.25, -0.2) is 4.79 Å². The summed E-state index contributed by atoms with van der Waals surface area (Å²) in [6.45, 7) is 1.30. The molecule has 2 aliphatic heterocycles. The summed E-state index contributed by atoms with van der Waals surface area (Å²) in [5.41, 5.74) is 0.119. The molecule has 2 heterocycles. The van der Waals surface area contributed by atoms with Crippen LogP contribution < -0.4 is 10.2 Å². The third kappa shape index (κ3) is 2.71. The fourth-order valence-corrected chi connectivity index (χ4v) is 4.22. The lowest BCUT2D eigenvalue weighted by molar-refractivity contribution is -0.156. The van der Waals surface area contributed by atoms with Crippen LogP contribution in [0, 0.1) is 11.8 Å². The van der Waals surface area contributed by atoms with Crippen molar-refractivity contribution in [3.8, 4) is 0 Å². The SMILES string of the molecule is CCN1C(=O)C2C(c3ccc(N(C)C)cc3)NC(CO)(C(=O)OC)C2C1=O. The molecule has 146 valence electrons. The molecule has 2 N–H and O–H groups in total. The number of nitrogens with zero attached hydrogens (tertiary/aromatic N) is 2. The summed E-state index contributed by atoms with van der Waals surface area (Å²) < 4.78 is 4.87. The van der Waals surface area contributed by atoms with Crippen molar-refractivity contribution in [1.82, 2.24) is 10.2 Å². The highest BCUT2D eigenvalue weighted by Crippen LogP contribution is 2.49. The van der Waals surface area contributed by atoms with Crippen LogP contribution in [0.1, 0.15) is 18.5 Å². The van der Waals surface area contributed by atoms with Crippen LogP contribution in [0.25, 0.3) is 0 Å². The van der Waals surface area contributed by atoms with Gasteiger partial charge in [0.2, 0.25) is 11.8 Å². The normalized spacial score (nSPS) is 29.8. The number of carbonyl (C=O) groups excluding carboxylic acids is 3. The highest BCUT2D eigenvalue weighted by atomic mass is 16.5. The van der Waals surface area contributed by atoms with Crippen molar-refractivity contribution in [2.24, 2.45) is 11.8 Å². The molecule has 0 aliphatic carbocycles. The molecule has 27 heavy (non-hydrogen) atoms. The predicted molar refractivity (Wildman–Crippen MR) is 97.9 cm³/mol. The number of amides is 2. The van der Waals surface area contributed by atoms with Crippen molar-refractivity contribution in [2.45, 2.75) is 18.5 Å². The Morgan fingerprint density at radius 1 is 1.26 bits per heavy atom. The Balaban J connectivity index is 2.09. The molecular formula is C19H25N3O5. The number of fused-ring (bicyclic) bond motifs is 1. The summed E-state index contributed by atoms with van der Waals surface area (Å²) in [4.78, 5) is 41.5. The van der Waals surface area contributed by atoms with Gasteiger partial charge >= 0.3 is 5.97 Å². The van der Waals surface area contributed by atoms with Gasteiger partial charge in [-0.3, -0.25) is 19.8 Å². The lowest BCUT2D eigenvalue weighted by Crippen LogP contribution is -2.58. The fourth-order valence-electron chi connectivity index (χ4n) is 4.22. The number of methoxy groups -OCH3 is 1. The largest absolute Gasteiger partial charge is 0.468 e. The summed E-state index contributed by atoms with van der Waals surface area (Å²) in [5, 5.41) is 13.1. The van der Waals surface area contributed by atoms with Gasteiger partial charge < -0.3 is 14.7 Å². The molecule has 2 aliphatic rings. The number of aliphatic hydroxyl groups is 1. The number of esters is 1. The number of hydrogen-bond donors (Lipinski definition) is 2. The van der Waals surface area contributed by atoms with E-state index in [1.54, 1.807) is 6.92 Å². The molecule has 2 amide bonds. The quantitative estimate of drug-likeness (QED) is 0.549. The van der Waals surface area contributed by atoms with Gasteiger partial charge in [-0.15, -0.1) is 0 Å². The molecule has 4 unspecified atom stereocenters. The maximum Gasteiger partial charge on any atom is 0.329 e. The van der Waals surface area contributed by atoms with E-state index in [0.29, 0.717) is 0 Å². The number of ether oxygens (including phenoxy) is 1. The van der Waals surface area contributed by atoms with Crippen molar-refractivity contribution in [1.29, 1.82) is 0 Å². The number of benzene rings is 1. The zero-order valence-electron chi connectivity index (χ0n) is 15.9. The number of carbonyl (C=O) groups is 3. The number of likely N-dealkylation sites (tertiary alicyclic amines) is 1. The average Bonchev–Trinajstić information content (AvgIpc) is 3.15. The predicted octanol–water partition coefficient (Wildman–Crippen LogP) is -0.0779. The van der Waals surface area contributed by atoms with Gasteiger partial charge in [-0.05, 0) is 24.6 Å². The maximum absolute atomic E-state index is 12.9. The molecule has 0 spiro atoms. The molecule has 2 fully saturated rings. The lowest BCUT2D eigenvalue weighted by atomic mass is 9.79. The van der Waals surface area contributed by atoms with Crippen molar-refractivity contribution in [3.63, 3.8) is 0 Å². The van der Waals surface area contributed by atoms with Gasteiger partial charge in [-0.2, -0.15) is 0 Å². The van der Waals surface area contributed by atoms with E-state index in [4.69, 9.17) is 4.74 Å². The summed E-state index contributed by atoms with van der Waals surface area (Å²) >= 11 is 0.